The Morgan fingerprint density at radius 3 is 2.47 bits per heavy atom. The molecule has 4 saturated heterocycles. The van der Waals surface area contributed by atoms with Crippen LogP contribution in [0.5, 0.6) is 11.8 Å². The topological polar surface area (TPSA) is 160 Å². The van der Waals surface area contributed by atoms with E-state index in [1.165, 1.54) is 46.0 Å². The lowest BCUT2D eigenvalue weighted by atomic mass is 9.99. The van der Waals surface area contributed by atoms with Crippen molar-refractivity contribution in [3.63, 3.8) is 0 Å². The summed E-state index contributed by atoms with van der Waals surface area (Å²) in [7, 11) is 1.34. The number of methoxy groups -OCH3 is 1. The number of alkyl halides is 3. The standard InChI is InChI=1S/C23H31N3O4.C22H21ClF4N6O/c1-17-8-9-20(22(27)24-17)26-16-19-18(23(26)28)6-4-7-21(19)30-15-14-29-13-5-12-25-10-2-3-11-25;1-9-5-14(28)30-19(16(9)22(25,26)27)15-13(23)6-12-18(17(15)24)31-21(34-2)32-20(12)33-7-10-3-4-11(8-33)29-10/h4,6-7,20H,1-3,5,8-16H2,(H,24,27);5-6,10-11,29H,3-4,7-8H2,1-2H3,(H2,28,30). The van der Waals surface area contributed by atoms with Crippen LogP contribution in [-0.2, 0) is 22.3 Å². The molecule has 7 heterocycles. The molecule has 3 unspecified atom stereocenters. The predicted molar refractivity (Wildman–Crippen MR) is 234 cm³/mol. The maximum atomic E-state index is 16.0. The second kappa shape index (κ2) is 19.0. The Morgan fingerprint density at radius 2 is 1.77 bits per heavy atom. The average Bonchev–Trinajstić information content (AvgIpc) is 3.98. The molecule has 4 aromatic rings. The zero-order valence-electron chi connectivity index (χ0n) is 35.8. The van der Waals surface area contributed by atoms with E-state index in [0.717, 1.165) is 44.0 Å². The Bertz CT molecular complexity index is 2420. The number of pyridine rings is 1. The van der Waals surface area contributed by atoms with Crippen LogP contribution in [0.25, 0.3) is 22.2 Å². The molecule has 0 radical (unpaired) electrons. The summed E-state index contributed by atoms with van der Waals surface area (Å²) in [4.78, 5) is 43.7. The zero-order valence-corrected chi connectivity index (χ0v) is 36.6. The lowest BCUT2D eigenvalue weighted by Crippen LogP contribution is -2.51. The van der Waals surface area contributed by atoms with E-state index in [9.17, 15) is 22.8 Å². The Balaban J connectivity index is 0.000000176. The van der Waals surface area contributed by atoms with Crippen LogP contribution in [0.15, 0.2) is 42.6 Å². The molecule has 14 nitrogen and oxygen atoms in total. The van der Waals surface area contributed by atoms with Crippen LogP contribution < -0.4 is 30.7 Å². The maximum Gasteiger partial charge on any atom is 0.418 e. The van der Waals surface area contributed by atoms with Gasteiger partial charge < -0.3 is 45.3 Å². The molecule has 0 spiro atoms. The van der Waals surface area contributed by atoms with Gasteiger partial charge in [-0.1, -0.05) is 24.2 Å². The summed E-state index contributed by atoms with van der Waals surface area (Å²) in [6.07, 6.45) is 2.19. The number of allylic oxidation sites excluding steroid dienone is 1. The Hall–Kier alpha value is -5.30. The molecule has 19 heteroatoms. The van der Waals surface area contributed by atoms with Gasteiger partial charge in [0.15, 0.2) is 5.82 Å². The number of benzene rings is 2. The van der Waals surface area contributed by atoms with Gasteiger partial charge in [0.05, 0.1) is 42.1 Å². The molecule has 0 aliphatic carbocycles. The SMILES string of the molecule is C=C1CCC(N2Cc3c(OCCOCCCN4CCCC4)cccc3C2=O)C(=O)N1.COc1nc(N2CC3CCC(C2)N3)c2cc(Cl)c(-c3nc(N)cc(C)c3C(F)(F)F)c(F)c2n1. The molecule has 2 amide bonds. The third kappa shape index (κ3) is 9.55. The first-order chi connectivity index (χ1) is 30.7. The van der Waals surface area contributed by atoms with Gasteiger partial charge in [-0.3, -0.25) is 9.59 Å². The van der Waals surface area contributed by atoms with Gasteiger partial charge in [0.25, 0.3) is 5.91 Å². The number of carbonyl (C=O) groups is 2. The summed E-state index contributed by atoms with van der Waals surface area (Å²) in [5.74, 6) is -0.387. The van der Waals surface area contributed by atoms with Crippen molar-refractivity contribution in [1.29, 1.82) is 0 Å². The number of ether oxygens (including phenoxy) is 3. The monoisotopic (exact) mass is 909 g/mol. The minimum atomic E-state index is -4.81. The number of hydrogen-bond acceptors (Lipinski definition) is 12. The lowest BCUT2D eigenvalue weighted by Gasteiger charge is -2.34. The predicted octanol–water partition coefficient (Wildman–Crippen LogP) is 6.66. The highest BCUT2D eigenvalue weighted by atomic mass is 35.5. The third-order valence-electron chi connectivity index (χ3n) is 12.4. The first-order valence-corrected chi connectivity index (χ1v) is 22.0. The molecule has 64 heavy (non-hydrogen) atoms. The molecule has 2 bridgehead atoms. The van der Waals surface area contributed by atoms with Gasteiger partial charge in [-0.05, 0) is 94.8 Å². The molecule has 3 atom stereocenters. The Labute approximate surface area is 373 Å². The second-order valence-electron chi connectivity index (χ2n) is 16.8. The second-order valence-corrected chi connectivity index (χ2v) is 17.2. The van der Waals surface area contributed by atoms with Gasteiger partial charge in [-0.2, -0.15) is 23.1 Å². The quantitative estimate of drug-likeness (QED) is 0.103. The van der Waals surface area contributed by atoms with Crippen molar-refractivity contribution >= 4 is 46.0 Å². The molecule has 2 aromatic carbocycles. The number of halogens is 5. The minimum absolute atomic E-state index is 0.103. The fourth-order valence-electron chi connectivity index (χ4n) is 9.40. The van der Waals surface area contributed by atoms with Crippen molar-refractivity contribution in [3.8, 4) is 23.0 Å². The number of hydrogen-bond donors (Lipinski definition) is 3. The highest BCUT2D eigenvalue weighted by Crippen LogP contribution is 2.45. The van der Waals surface area contributed by atoms with Crippen LogP contribution in [0.3, 0.4) is 0 Å². The van der Waals surface area contributed by atoms with Crippen molar-refractivity contribution in [1.82, 2.24) is 35.4 Å². The van der Waals surface area contributed by atoms with E-state index < -0.39 is 34.9 Å². The zero-order chi connectivity index (χ0) is 45.3. The molecule has 5 aliphatic rings. The van der Waals surface area contributed by atoms with E-state index in [0.29, 0.717) is 68.5 Å². The van der Waals surface area contributed by atoms with Crippen LogP contribution in [0.1, 0.15) is 72.0 Å². The van der Waals surface area contributed by atoms with Crippen molar-refractivity contribution in [3.05, 3.63) is 75.7 Å². The third-order valence-corrected chi connectivity index (χ3v) is 12.7. The number of aromatic nitrogens is 3. The number of nitrogen functional groups attached to an aromatic ring is 1. The van der Waals surface area contributed by atoms with Crippen LogP contribution in [0.4, 0.5) is 29.2 Å². The fourth-order valence-corrected chi connectivity index (χ4v) is 9.68. The first kappa shape index (κ1) is 45.3. The number of nitrogens with one attached hydrogen (secondary N) is 2. The number of fused-ring (bicyclic) bond motifs is 4. The lowest BCUT2D eigenvalue weighted by molar-refractivity contribution is -0.137. The first-order valence-electron chi connectivity index (χ1n) is 21.6. The van der Waals surface area contributed by atoms with E-state index in [4.69, 9.17) is 31.5 Å². The van der Waals surface area contributed by atoms with E-state index in [1.54, 1.807) is 11.0 Å². The van der Waals surface area contributed by atoms with E-state index in [-0.39, 0.29) is 57.2 Å². The molecule has 4 N–H and O–H groups in total. The summed E-state index contributed by atoms with van der Waals surface area (Å²) in [5.41, 5.74) is 5.19. The maximum absolute atomic E-state index is 16.0. The van der Waals surface area contributed by atoms with Gasteiger partial charge in [-0.25, -0.2) is 9.37 Å². The highest BCUT2D eigenvalue weighted by Gasteiger charge is 2.41. The van der Waals surface area contributed by atoms with E-state index in [2.05, 4.69) is 37.1 Å². The number of nitrogens with zero attached hydrogens (tertiary/aromatic N) is 6. The van der Waals surface area contributed by atoms with Crippen molar-refractivity contribution in [2.75, 3.05) is 70.3 Å². The highest BCUT2D eigenvalue weighted by molar-refractivity contribution is 6.34. The Kier molecular flexibility index (Phi) is 13.5. The number of rotatable bonds is 12. The molecular formula is C45H52ClF4N9O5. The number of piperazine rings is 1. The molecular weight excluding hydrogens is 858 g/mol. The number of amides is 2. The smallest absolute Gasteiger partial charge is 0.418 e. The molecule has 9 rings (SSSR count). The van der Waals surface area contributed by atoms with Gasteiger partial charge in [-0.15, -0.1) is 0 Å². The summed E-state index contributed by atoms with van der Waals surface area (Å²) < 4.78 is 74.5. The Morgan fingerprint density at radius 1 is 1.02 bits per heavy atom. The minimum Gasteiger partial charge on any atom is -0.491 e. The molecule has 5 aliphatic heterocycles. The molecule has 342 valence electrons. The van der Waals surface area contributed by atoms with E-state index in [1.807, 2.05) is 17.0 Å². The summed E-state index contributed by atoms with van der Waals surface area (Å²) in [6.45, 7) is 12.0. The molecule has 0 saturated carbocycles. The van der Waals surface area contributed by atoms with Crippen molar-refractivity contribution < 1.29 is 41.4 Å². The van der Waals surface area contributed by atoms with Crippen LogP contribution in [-0.4, -0.2) is 114 Å². The number of carbonyl (C=O) groups excluding carboxylic acids is 2. The molecule has 2 aromatic heterocycles. The average molecular weight is 910 g/mol. The van der Waals surface area contributed by atoms with Gasteiger partial charge in [0.1, 0.15) is 35.6 Å². The summed E-state index contributed by atoms with van der Waals surface area (Å²) in [6, 6.07) is 7.96. The van der Waals surface area contributed by atoms with Crippen LogP contribution in [0.2, 0.25) is 5.02 Å². The van der Waals surface area contributed by atoms with Gasteiger partial charge >= 0.3 is 12.2 Å². The normalized spacial score (nSPS) is 21.0. The van der Waals surface area contributed by atoms with Crippen LogP contribution in [0, 0.1) is 12.7 Å². The van der Waals surface area contributed by atoms with Crippen molar-refractivity contribution in [2.45, 2.75) is 82.7 Å². The van der Waals surface area contributed by atoms with Gasteiger partial charge in [0.2, 0.25) is 5.91 Å². The van der Waals surface area contributed by atoms with Crippen LogP contribution >= 0.6 is 11.6 Å². The number of aryl methyl sites for hydroxylation is 1. The summed E-state index contributed by atoms with van der Waals surface area (Å²) in [5, 5.41) is 6.31. The fraction of sp³-hybridized carbons (Fsp3) is 0.489. The number of likely N-dealkylation sites (tertiary alicyclic amines) is 1. The number of piperidine rings is 1. The van der Waals surface area contributed by atoms with Gasteiger partial charge in [0, 0.05) is 60.5 Å². The summed E-state index contributed by atoms with van der Waals surface area (Å²) >= 11 is 6.42. The number of nitrogens with two attached hydrogens (primary N) is 1. The molecule has 4 fully saturated rings. The van der Waals surface area contributed by atoms with E-state index >= 15 is 4.39 Å². The number of anilines is 2. The largest absolute Gasteiger partial charge is 0.491 e. The van der Waals surface area contributed by atoms with Crippen molar-refractivity contribution in [2.24, 2.45) is 0 Å².